The molecule has 0 bridgehead atoms. The second-order valence-electron chi connectivity index (χ2n) is 2.87. The van der Waals surface area contributed by atoms with Crippen LogP contribution in [-0.4, -0.2) is 17.3 Å². The Bertz CT molecular complexity index is 217. The summed E-state index contributed by atoms with van der Waals surface area (Å²) in [5.74, 6) is -0.979. The molecule has 11 heavy (non-hydrogen) atoms. The lowest BCUT2D eigenvalue weighted by Gasteiger charge is -2.01. The van der Waals surface area contributed by atoms with Gasteiger partial charge in [0.05, 0.1) is 12.3 Å². The summed E-state index contributed by atoms with van der Waals surface area (Å²) in [5, 5.41) is 0. The van der Waals surface area contributed by atoms with Gasteiger partial charge in [-0.1, -0.05) is 0 Å². The Morgan fingerprint density at radius 2 is 1.73 bits per heavy atom. The van der Waals surface area contributed by atoms with Crippen LogP contribution in [0.2, 0.25) is 0 Å². The van der Waals surface area contributed by atoms with Crippen LogP contribution in [-0.2, 0) is 14.4 Å². The van der Waals surface area contributed by atoms with Gasteiger partial charge in [0.2, 0.25) is 0 Å². The van der Waals surface area contributed by atoms with Crippen LogP contribution < -0.4 is 0 Å². The molecule has 0 N–H and O–H groups in total. The zero-order valence-electron chi connectivity index (χ0n) is 6.42. The SMILES string of the molecule is CC1C(=O)CCC(=O)CC1=O. The molecule has 0 aliphatic heterocycles. The summed E-state index contributed by atoms with van der Waals surface area (Å²) in [6.07, 6.45) is 0.438. The third-order valence-corrected chi connectivity index (χ3v) is 1.99. The number of ketones is 3. The first-order valence-corrected chi connectivity index (χ1v) is 3.68. The van der Waals surface area contributed by atoms with Gasteiger partial charge in [-0.05, 0) is 6.92 Å². The molecule has 0 heterocycles. The van der Waals surface area contributed by atoms with E-state index in [-0.39, 0.29) is 36.6 Å². The van der Waals surface area contributed by atoms with E-state index in [1.165, 1.54) is 0 Å². The minimum absolute atomic E-state index is 0.0487. The van der Waals surface area contributed by atoms with Gasteiger partial charge in [-0.25, -0.2) is 0 Å². The van der Waals surface area contributed by atoms with E-state index in [0.29, 0.717) is 0 Å². The first kappa shape index (κ1) is 8.11. The lowest BCUT2D eigenvalue weighted by molar-refractivity contribution is -0.131. The van der Waals surface area contributed by atoms with Crippen molar-refractivity contribution in [2.45, 2.75) is 26.2 Å². The summed E-state index contributed by atoms with van der Waals surface area (Å²) in [6, 6.07) is 0. The summed E-state index contributed by atoms with van der Waals surface area (Å²) in [4.78, 5) is 32.8. The van der Waals surface area contributed by atoms with Crippen molar-refractivity contribution in [1.29, 1.82) is 0 Å². The van der Waals surface area contributed by atoms with E-state index in [1.807, 2.05) is 0 Å². The van der Waals surface area contributed by atoms with Crippen molar-refractivity contribution in [3.63, 3.8) is 0 Å². The Balaban J connectivity index is 2.76. The van der Waals surface area contributed by atoms with Crippen molar-refractivity contribution in [2.24, 2.45) is 5.92 Å². The highest BCUT2D eigenvalue weighted by molar-refractivity contribution is 6.12. The Morgan fingerprint density at radius 1 is 1.09 bits per heavy atom. The summed E-state index contributed by atoms with van der Waals surface area (Å²) >= 11 is 0. The maximum absolute atomic E-state index is 11.0. The van der Waals surface area contributed by atoms with E-state index < -0.39 is 5.92 Å². The second-order valence-corrected chi connectivity index (χ2v) is 2.87. The molecule has 0 aromatic carbocycles. The smallest absolute Gasteiger partial charge is 0.150 e. The fourth-order valence-corrected chi connectivity index (χ4v) is 1.09. The van der Waals surface area contributed by atoms with Crippen molar-refractivity contribution < 1.29 is 14.4 Å². The predicted molar refractivity (Wildman–Crippen MR) is 38.0 cm³/mol. The monoisotopic (exact) mass is 154 g/mol. The zero-order chi connectivity index (χ0) is 8.43. The molecule has 3 heteroatoms. The molecule has 1 unspecified atom stereocenters. The highest BCUT2D eigenvalue weighted by atomic mass is 16.2. The zero-order valence-corrected chi connectivity index (χ0v) is 6.42. The third kappa shape index (κ3) is 1.73. The molecule has 0 radical (unpaired) electrons. The number of hydrogen-bond donors (Lipinski definition) is 0. The van der Waals surface area contributed by atoms with Gasteiger partial charge in [-0.3, -0.25) is 14.4 Å². The van der Waals surface area contributed by atoms with E-state index in [9.17, 15) is 14.4 Å². The molecule has 1 aliphatic carbocycles. The van der Waals surface area contributed by atoms with Crippen LogP contribution >= 0.6 is 0 Å². The third-order valence-electron chi connectivity index (χ3n) is 1.99. The molecule has 1 rings (SSSR count). The van der Waals surface area contributed by atoms with Gasteiger partial charge < -0.3 is 0 Å². The lowest BCUT2D eigenvalue weighted by Crippen LogP contribution is -2.18. The molecule has 1 fully saturated rings. The van der Waals surface area contributed by atoms with Crippen molar-refractivity contribution in [3.8, 4) is 0 Å². The summed E-state index contributed by atoms with van der Waals surface area (Å²) in [5.41, 5.74) is 0. The van der Waals surface area contributed by atoms with E-state index in [4.69, 9.17) is 0 Å². The van der Waals surface area contributed by atoms with Gasteiger partial charge in [0.15, 0.2) is 0 Å². The number of hydrogen-bond acceptors (Lipinski definition) is 3. The van der Waals surface area contributed by atoms with Crippen molar-refractivity contribution >= 4 is 17.3 Å². The summed E-state index contributed by atoms with van der Waals surface area (Å²) < 4.78 is 0. The Hall–Kier alpha value is -0.990. The fourth-order valence-electron chi connectivity index (χ4n) is 1.09. The minimum Gasteiger partial charge on any atom is -0.299 e. The molecule has 1 aliphatic rings. The fraction of sp³-hybridized carbons (Fsp3) is 0.625. The lowest BCUT2D eigenvalue weighted by atomic mass is 10.0. The maximum Gasteiger partial charge on any atom is 0.150 e. The topological polar surface area (TPSA) is 51.2 Å². The van der Waals surface area contributed by atoms with Crippen LogP contribution in [0.25, 0.3) is 0 Å². The average Bonchev–Trinajstić information content (AvgIpc) is 2.05. The van der Waals surface area contributed by atoms with Gasteiger partial charge in [0, 0.05) is 12.8 Å². The highest BCUT2D eigenvalue weighted by Crippen LogP contribution is 2.13. The van der Waals surface area contributed by atoms with E-state index in [2.05, 4.69) is 0 Å². The first-order chi connectivity index (χ1) is 5.11. The molecule has 1 atom stereocenters. The minimum atomic E-state index is -0.554. The van der Waals surface area contributed by atoms with Crippen molar-refractivity contribution in [3.05, 3.63) is 0 Å². The second kappa shape index (κ2) is 2.95. The van der Waals surface area contributed by atoms with Crippen LogP contribution in [0.5, 0.6) is 0 Å². The Kier molecular flexibility index (Phi) is 2.17. The molecule has 0 aromatic heterocycles. The number of carbonyl (C=O) groups excluding carboxylic acids is 3. The molecule has 0 aromatic rings. The standard InChI is InChI=1S/C8H10O3/c1-5-7(10)3-2-6(9)4-8(5)11/h5H,2-4H2,1H3. The van der Waals surface area contributed by atoms with E-state index >= 15 is 0 Å². The molecule has 0 saturated heterocycles. The largest absolute Gasteiger partial charge is 0.299 e. The average molecular weight is 154 g/mol. The van der Waals surface area contributed by atoms with Crippen LogP contribution in [0.1, 0.15) is 26.2 Å². The molecule has 0 amide bonds. The quantitative estimate of drug-likeness (QED) is 0.377. The number of rotatable bonds is 0. The number of carbonyl (C=O) groups is 3. The maximum atomic E-state index is 11.0. The van der Waals surface area contributed by atoms with Gasteiger partial charge in [0.1, 0.15) is 17.3 Å². The molecular weight excluding hydrogens is 144 g/mol. The van der Waals surface area contributed by atoms with Crippen molar-refractivity contribution in [2.75, 3.05) is 0 Å². The van der Waals surface area contributed by atoms with Gasteiger partial charge in [-0.2, -0.15) is 0 Å². The van der Waals surface area contributed by atoms with Crippen LogP contribution in [0, 0.1) is 5.92 Å². The molecular formula is C8H10O3. The summed E-state index contributed by atoms with van der Waals surface area (Å²) in [7, 11) is 0. The van der Waals surface area contributed by atoms with Crippen LogP contribution in [0.4, 0.5) is 0 Å². The Labute approximate surface area is 64.8 Å². The highest BCUT2D eigenvalue weighted by Gasteiger charge is 2.27. The molecule has 60 valence electrons. The number of Topliss-reactive ketones (excluding diaryl/α,β-unsaturated/α-hetero) is 3. The first-order valence-electron chi connectivity index (χ1n) is 3.68. The van der Waals surface area contributed by atoms with Gasteiger partial charge >= 0.3 is 0 Å². The molecule has 3 nitrogen and oxygen atoms in total. The van der Waals surface area contributed by atoms with E-state index in [1.54, 1.807) is 6.92 Å². The van der Waals surface area contributed by atoms with Crippen molar-refractivity contribution in [1.82, 2.24) is 0 Å². The van der Waals surface area contributed by atoms with Crippen LogP contribution in [0.15, 0.2) is 0 Å². The molecule has 1 saturated carbocycles. The predicted octanol–water partition coefficient (Wildman–Crippen LogP) is 0.514. The Morgan fingerprint density at radius 3 is 2.36 bits per heavy atom. The van der Waals surface area contributed by atoms with Crippen LogP contribution in [0.3, 0.4) is 0 Å². The normalized spacial score (nSPS) is 27.0. The van der Waals surface area contributed by atoms with E-state index in [0.717, 1.165) is 0 Å². The van der Waals surface area contributed by atoms with Gasteiger partial charge in [-0.15, -0.1) is 0 Å². The summed E-state index contributed by atoms with van der Waals surface area (Å²) in [6.45, 7) is 1.57. The van der Waals surface area contributed by atoms with Gasteiger partial charge in [0.25, 0.3) is 0 Å². The molecule has 0 spiro atoms.